The van der Waals surface area contributed by atoms with Crippen LogP contribution in [0.25, 0.3) is 0 Å². The summed E-state index contributed by atoms with van der Waals surface area (Å²) in [7, 11) is 0. The van der Waals surface area contributed by atoms with Crippen LogP contribution in [-0.4, -0.2) is 46.3 Å². The molecule has 0 aliphatic carbocycles. The largest absolute Gasteiger partial charge is 1.00 e. The predicted molar refractivity (Wildman–Crippen MR) is 116 cm³/mol. The van der Waals surface area contributed by atoms with Gasteiger partial charge in [0.25, 0.3) is 0 Å². The molecule has 2 aromatic heterocycles. The van der Waals surface area contributed by atoms with Gasteiger partial charge in [0.15, 0.2) is 0 Å². The van der Waals surface area contributed by atoms with Crippen LogP contribution in [0.4, 0.5) is 0 Å². The number of hydrogen-bond donors (Lipinski definition) is 4. The molecule has 2 aliphatic rings. The van der Waals surface area contributed by atoms with E-state index in [0.717, 1.165) is 37.6 Å². The van der Waals surface area contributed by atoms with E-state index in [0.29, 0.717) is 0 Å². The minimum Gasteiger partial charge on any atom is -0.356 e. The zero-order valence-electron chi connectivity index (χ0n) is 17.9. The molecule has 196 valence electrons. The molecule has 4 rings (SSSR count). The van der Waals surface area contributed by atoms with Gasteiger partial charge in [0, 0.05) is 12.4 Å². The van der Waals surface area contributed by atoms with Crippen LogP contribution in [0.2, 0.25) is 0 Å². The third-order valence-corrected chi connectivity index (χ3v) is 4.07. The van der Waals surface area contributed by atoms with E-state index in [1.807, 2.05) is 48.8 Å². The second kappa shape index (κ2) is 21.5. The maximum Gasteiger partial charge on any atom is 1.00 e. The molecule has 2 saturated heterocycles. The molecule has 0 radical (unpaired) electrons. The van der Waals surface area contributed by atoms with Gasteiger partial charge >= 0.3 is 44.8 Å². The van der Waals surface area contributed by atoms with E-state index in [2.05, 4.69) is 31.2 Å². The van der Waals surface area contributed by atoms with Gasteiger partial charge in [-0.25, -0.2) is 0 Å². The zero-order valence-corrected chi connectivity index (χ0v) is 20.8. The molecule has 0 saturated carbocycles. The SMILES string of the molecule is O=[N+]([O-])[O-].O=[N+]([O-])[O-].[Ag+].[Ag+].c1ccc(C2NCCCN2)nc1.c1ccc(C2NCCCN2)nc1. The Balaban J connectivity index is 0. The van der Waals surface area contributed by atoms with E-state index < -0.39 is 10.2 Å². The van der Waals surface area contributed by atoms with Crippen LogP contribution >= 0.6 is 0 Å². The molecule has 0 aromatic carbocycles. The summed E-state index contributed by atoms with van der Waals surface area (Å²) in [5, 5.41) is 42.9. The normalized spacial score (nSPS) is 15.1. The van der Waals surface area contributed by atoms with Crippen molar-refractivity contribution in [2.45, 2.75) is 25.2 Å². The molecule has 14 nitrogen and oxygen atoms in total. The van der Waals surface area contributed by atoms with Crippen molar-refractivity contribution in [3.05, 3.63) is 90.8 Å². The second-order valence-electron chi connectivity index (χ2n) is 6.35. The third-order valence-electron chi connectivity index (χ3n) is 4.07. The van der Waals surface area contributed by atoms with Crippen LogP contribution in [0.3, 0.4) is 0 Å². The Kier molecular flexibility index (Phi) is 21.7. The van der Waals surface area contributed by atoms with Gasteiger partial charge in [0.05, 0.1) is 21.6 Å². The summed E-state index contributed by atoms with van der Waals surface area (Å²) >= 11 is 0. The second-order valence-corrected chi connectivity index (χ2v) is 6.35. The van der Waals surface area contributed by atoms with Gasteiger partial charge in [-0.1, -0.05) is 12.1 Å². The summed E-state index contributed by atoms with van der Waals surface area (Å²) in [5.41, 5.74) is 2.16. The first-order valence-corrected chi connectivity index (χ1v) is 9.78. The molecule has 0 spiro atoms. The minimum atomic E-state index is -1.75. The number of hydrogen-bond acceptors (Lipinski definition) is 12. The fourth-order valence-electron chi connectivity index (χ4n) is 2.82. The molecule has 2 aliphatic heterocycles. The van der Waals surface area contributed by atoms with Gasteiger partial charge in [0.1, 0.15) is 12.3 Å². The number of pyridine rings is 2. The van der Waals surface area contributed by atoms with Crippen molar-refractivity contribution in [1.29, 1.82) is 0 Å². The molecule has 4 N–H and O–H groups in total. The smallest absolute Gasteiger partial charge is 0.356 e. The Labute approximate surface area is 227 Å². The van der Waals surface area contributed by atoms with Crippen LogP contribution in [0.1, 0.15) is 36.6 Å². The summed E-state index contributed by atoms with van der Waals surface area (Å²) in [6.07, 6.45) is 6.55. The zero-order chi connectivity index (χ0) is 23.6. The van der Waals surface area contributed by atoms with Gasteiger partial charge < -0.3 is 30.6 Å². The molecule has 4 heterocycles. The summed E-state index contributed by atoms with van der Waals surface area (Å²) in [6.45, 7) is 4.31. The Morgan fingerprint density at radius 1 is 0.647 bits per heavy atom. The number of nitrogens with one attached hydrogen (secondary N) is 4. The maximum atomic E-state index is 8.25. The third kappa shape index (κ3) is 17.5. The van der Waals surface area contributed by atoms with Gasteiger partial charge in [-0.05, 0) is 63.3 Å². The summed E-state index contributed by atoms with van der Waals surface area (Å²) in [5.74, 6) is 0. The standard InChI is InChI=1S/2C9H13N3.2Ag.2NO3/c2*1-2-5-10-8(4-1)9-11-6-3-7-12-9;;;2*2-1(3)4/h2*1-2,4-5,9,11-12H,3,6-7H2;;;;/q;;2*+1;2*-1. The maximum absolute atomic E-state index is 8.25. The Hall–Kier alpha value is -1.98. The topological polar surface area (TPSA) is 206 Å². The van der Waals surface area contributed by atoms with Crippen LogP contribution < -0.4 is 21.3 Å². The van der Waals surface area contributed by atoms with Gasteiger partial charge in [-0.2, -0.15) is 0 Å². The Morgan fingerprint density at radius 2 is 0.941 bits per heavy atom. The Morgan fingerprint density at radius 3 is 1.18 bits per heavy atom. The first kappa shape index (κ1) is 34.2. The fraction of sp³-hybridized carbons (Fsp3) is 0.444. The van der Waals surface area contributed by atoms with Crippen LogP contribution in [0.5, 0.6) is 0 Å². The van der Waals surface area contributed by atoms with Crippen molar-refractivity contribution in [2.75, 3.05) is 26.2 Å². The summed E-state index contributed by atoms with van der Waals surface area (Å²) in [6, 6.07) is 12.0. The molecule has 0 amide bonds. The first-order valence-electron chi connectivity index (χ1n) is 9.78. The monoisotopic (exact) mass is 664 g/mol. The van der Waals surface area contributed by atoms with Crippen molar-refractivity contribution >= 4 is 0 Å². The molecule has 0 bridgehead atoms. The van der Waals surface area contributed by atoms with Crippen molar-refractivity contribution in [3.63, 3.8) is 0 Å². The van der Waals surface area contributed by atoms with E-state index in [9.17, 15) is 0 Å². The average molecular weight is 666 g/mol. The number of aromatic nitrogens is 2. The van der Waals surface area contributed by atoms with Gasteiger partial charge in [-0.15, -0.1) is 0 Å². The molecule has 34 heavy (non-hydrogen) atoms. The first-order chi connectivity index (χ1) is 15.4. The molecular formula is C18H26Ag2N8O6. The molecule has 0 atom stereocenters. The molecular weight excluding hydrogens is 640 g/mol. The van der Waals surface area contributed by atoms with Gasteiger partial charge in [0.2, 0.25) is 0 Å². The quantitative estimate of drug-likeness (QED) is 0.200. The van der Waals surface area contributed by atoms with E-state index in [4.69, 9.17) is 30.6 Å². The molecule has 16 heteroatoms. The van der Waals surface area contributed by atoms with E-state index in [-0.39, 0.29) is 57.1 Å². The van der Waals surface area contributed by atoms with Crippen molar-refractivity contribution in [3.8, 4) is 0 Å². The summed E-state index contributed by atoms with van der Waals surface area (Å²) in [4.78, 5) is 25.1. The average Bonchev–Trinajstić information content (AvgIpc) is 2.81. The number of nitrogens with zero attached hydrogens (tertiary/aromatic N) is 4. The van der Waals surface area contributed by atoms with Gasteiger partial charge in [-0.3, -0.25) is 31.2 Å². The van der Waals surface area contributed by atoms with Crippen molar-refractivity contribution < 1.29 is 54.9 Å². The van der Waals surface area contributed by atoms with Crippen LogP contribution in [-0.2, 0) is 44.8 Å². The minimum absolute atomic E-state index is 0. The van der Waals surface area contributed by atoms with Crippen molar-refractivity contribution in [2.24, 2.45) is 0 Å². The van der Waals surface area contributed by atoms with Crippen LogP contribution in [0.15, 0.2) is 48.8 Å². The molecule has 2 fully saturated rings. The number of rotatable bonds is 2. The Bertz CT molecular complexity index is 696. The van der Waals surface area contributed by atoms with Crippen LogP contribution in [0, 0.1) is 30.6 Å². The molecule has 0 unspecified atom stereocenters. The van der Waals surface area contributed by atoms with Crippen molar-refractivity contribution in [1.82, 2.24) is 31.2 Å². The van der Waals surface area contributed by atoms with E-state index in [1.54, 1.807) is 0 Å². The summed E-state index contributed by atoms with van der Waals surface area (Å²) < 4.78 is 0. The molecule has 2 aromatic rings. The van der Waals surface area contributed by atoms with E-state index in [1.165, 1.54) is 12.8 Å². The fourth-order valence-corrected chi connectivity index (χ4v) is 2.82. The predicted octanol–water partition coefficient (Wildman–Crippen LogP) is 0.843. The van der Waals surface area contributed by atoms with E-state index >= 15 is 0 Å².